The molecule has 0 saturated heterocycles. The molecule has 4 heteroatoms. The number of ether oxygens (including phenoxy) is 1. The van der Waals surface area contributed by atoms with Crippen LogP contribution in [-0.4, -0.2) is 9.97 Å². The first-order chi connectivity index (χ1) is 8.65. The smallest absolute Gasteiger partial charge is 0.316 e. The van der Waals surface area contributed by atoms with Gasteiger partial charge in [0, 0.05) is 12.4 Å². The first-order valence-corrected chi connectivity index (χ1v) is 6.63. The lowest BCUT2D eigenvalue weighted by atomic mass is 10.0. The molecule has 0 N–H and O–H groups in total. The molecule has 18 heavy (non-hydrogen) atoms. The predicted molar refractivity (Wildman–Crippen MR) is 74.6 cm³/mol. The summed E-state index contributed by atoms with van der Waals surface area (Å²) in [4.78, 5) is 8.12. The quantitative estimate of drug-likeness (QED) is 0.858. The number of halogens is 1. The Morgan fingerprint density at radius 1 is 1.11 bits per heavy atom. The van der Waals surface area contributed by atoms with Gasteiger partial charge < -0.3 is 4.74 Å². The van der Waals surface area contributed by atoms with Gasteiger partial charge in [0.1, 0.15) is 6.61 Å². The second-order valence-corrected chi connectivity index (χ2v) is 5.28. The Morgan fingerprint density at radius 2 is 1.72 bits per heavy atom. The Hall–Kier alpha value is -1.42. The maximum atomic E-state index is 5.50. The molecule has 0 aliphatic carbocycles. The van der Waals surface area contributed by atoms with Crippen molar-refractivity contribution in [1.29, 1.82) is 0 Å². The van der Waals surface area contributed by atoms with Gasteiger partial charge in [0.25, 0.3) is 0 Å². The molecule has 2 aromatic rings. The minimum absolute atomic E-state index is 0.395. The molecule has 1 aromatic carbocycles. The van der Waals surface area contributed by atoms with E-state index in [0.29, 0.717) is 18.5 Å². The van der Waals surface area contributed by atoms with Crippen LogP contribution in [0.2, 0.25) is 0 Å². The van der Waals surface area contributed by atoms with Crippen LogP contribution in [-0.2, 0) is 6.61 Å². The normalized spacial score (nSPS) is 10.7. The van der Waals surface area contributed by atoms with Crippen molar-refractivity contribution in [2.24, 2.45) is 0 Å². The number of nitrogens with zero attached hydrogens (tertiary/aromatic N) is 2. The predicted octanol–water partition coefficient (Wildman–Crippen LogP) is 3.94. The molecule has 0 fully saturated rings. The van der Waals surface area contributed by atoms with Crippen molar-refractivity contribution in [3.05, 3.63) is 52.3 Å². The van der Waals surface area contributed by atoms with E-state index >= 15 is 0 Å². The number of hydrogen-bond acceptors (Lipinski definition) is 3. The van der Waals surface area contributed by atoms with Crippen molar-refractivity contribution >= 4 is 15.9 Å². The lowest BCUT2D eigenvalue weighted by Gasteiger charge is -2.07. The summed E-state index contributed by atoms with van der Waals surface area (Å²) >= 11 is 3.28. The molecule has 0 unspecified atom stereocenters. The van der Waals surface area contributed by atoms with Crippen LogP contribution >= 0.6 is 15.9 Å². The van der Waals surface area contributed by atoms with Crippen molar-refractivity contribution in [3.8, 4) is 6.01 Å². The fraction of sp³-hybridized carbons (Fsp3) is 0.286. The van der Waals surface area contributed by atoms with Crippen molar-refractivity contribution < 1.29 is 4.74 Å². The molecule has 0 aliphatic rings. The summed E-state index contributed by atoms with van der Waals surface area (Å²) in [6.45, 7) is 4.85. The minimum Gasteiger partial charge on any atom is -0.459 e. The van der Waals surface area contributed by atoms with Crippen LogP contribution in [0.25, 0.3) is 0 Å². The summed E-state index contributed by atoms with van der Waals surface area (Å²) in [5.74, 6) is 0.551. The molecular weight excluding hydrogens is 292 g/mol. The third-order valence-electron chi connectivity index (χ3n) is 2.61. The second-order valence-electron chi connectivity index (χ2n) is 4.37. The summed E-state index contributed by atoms with van der Waals surface area (Å²) in [5.41, 5.74) is 2.45. The third kappa shape index (κ3) is 3.53. The van der Waals surface area contributed by atoms with Crippen LogP contribution in [0.5, 0.6) is 6.01 Å². The van der Waals surface area contributed by atoms with E-state index in [-0.39, 0.29) is 0 Å². The zero-order valence-electron chi connectivity index (χ0n) is 10.4. The number of rotatable bonds is 4. The Labute approximate surface area is 115 Å². The summed E-state index contributed by atoms with van der Waals surface area (Å²) in [5, 5.41) is 0. The summed E-state index contributed by atoms with van der Waals surface area (Å²) in [6.07, 6.45) is 3.34. The van der Waals surface area contributed by atoms with Crippen LogP contribution in [0.15, 0.2) is 41.1 Å². The fourth-order valence-electron chi connectivity index (χ4n) is 1.52. The van der Waals surface area contributed by atoms with Gasteiger partial charge in [-0.25, -0.2) is 9.97 Å². The summed E-state index contributed by atoms with van der Waals surface area (Å²) in [6, 6.07) is 8.81. The van der Waals surface area contributed by atoms with Gasteiger partial charge in [-0.15, -0.1) is 0 Å². The van der Waals surface area contributed by atoms with Crippen molar-refractivity contribution in [2.75, 3.05) is 0 Å². The van der Waals surface area contributed by atoms with Gasteiger partial charge in [-0.3, -0.25) is 0 Å². The van der Waals surface area contributed by atoms with Crippen molar-refractivity contribution in [1.82, 2.24) is 9.97 Å². The summed E-state index contributed by atoms with van der Waals surface area (Å²) < 4.78 is 6.35. The van der Waals surface area contributed by atoms with E-state index in [0.717, 1.165) is 10.0 Å². The Morgan fingerprint density at radius 3 is 2.28 bits per heavy atom. The van der Waals surface area contributed by atoms with E-state index in [1.165, 1.54) is 5.56 Å². The Balaban J connectivity index is 1.95. The zero-order chi connectivity index (χ0) is 13.0. The van der Waals surface area contributed by atoms with E-state index in [9.17, 15) is 0 Å². The van der Waals surface area contributed by atoms with E-state index in [1.807, 2.05) is 0 Å². The topological polar surface area (TPSA) is 35.0 Å². The van der Waals surface area contributed by atoms with E-state index in [1.54, 1.807) is 12.4 Å². The molecule has 2 rings (SSSR count). The van der Waals surface area contributed by atoms with Gasteiger partial charge >= 0.3 is 6.01 Å². The molecular formula is C14H15BrN2O. The first-order valence-electron chi connectivity index (χ1n) is 5.84. The number of benzene rings is 1. The molecule has 0 aliphatic heterocycles. The van der Waals surface area contributed by atoms with Gasteiger partial charge in [0.15, 0.2) is 0 Å². The molecule has 0 atom stereocenters. The van der Waals surface area contributed by atoms with Crippen LogP contribution in [0.4, 0.5) is 0 Å². The zero-order valence-corrected chi connectivity index (χ0v) is 12.0. The van der Waals surface area contributed by atoms with Gasteiger partial charge in [0.05, 0.1) is 4.47 Å². The van der Waals surface area contributed by atoms with Crippen LogP contribution in [0.1, 0.15) is 30.9 Å². The second kappa shape index (κ2) is 5.96. The molecule has 1 heterocycles. The van der Waals surface area contributed by atoms with Crippen molar-refractivity contribution in [2.45, 2.75) is 26.4 Å². The lowest BCUT2D eigenvalue weighted by Crippen LogP contribution is -1.99. The van der Waals surface area contributed by atoms with Crippen LogP contribution < -0.4 is 4.74 Å². The van der Waals surface area contributed by atoms with Gasteiger partial charge in [-0.2, -0.15) is 0 Å². The van der Waals surface area contributed by atoms with Gasteiger partial charge in [-0.1, -0.05) is 38.1 Å². The molecule has 0 saturated carbocycles. The highest BCUT2D eigenvalue weighted by Crippen LogP contribution is 2.15. The fourth-order valence-corrected chi connectivity index (χ4v) is 1.73. The standard InChI is InChI=1S/C14H15BrN2O/c1-10(2)12-5-3-11(4-6-12)9-18-14-16-7-13(15)8-17-14/h3-8,10H,9H2,1-2H3. The molecule has 0 amide bonds. The largest absolute Gasteiger partial charge is 0.459 e. The molecule has 0 bridgehead atoms. The van der Waals surface area contributed by atoms with Crippen LogP contribution in [0, 0.1) is 0 Å². The third-order valence-corrected chi connectivity index (χ3v) is 3.02. The Bertz CT molecular complexity index is 494. The minimum atomic E-state index is 0.395. The van der Waals surface area contributed by atoms with Gasteiger partial charge in [0.2, 0.25) is 0 Å². The highest BCUT2D eigenvalue weighted by Gasteiger charge is 2.01. The highest BCUT2D eigenvalue weighted by molar-refractivity contribution is 9.10. The Kier molecular flexibility index (Phi) is 4.31. The van der Waals surface area contributed by atoms with Crippen molar-refractivity contribution in [3.63, 3.8) is 0 Å². The molecule has 3 nitrogen and oxygen atoms in total. The summed E-state index contributed by atoms with van der Waals surface area (Å²) in [7, 11) is 0. The maximum Gasteiger partial charge on any atom is 0.316 e. The molecule has 94 valence electrons. The van der Waals surface area contributed by atoms with Gasteiger partial charge in [-0.05, 0) is 33.0 Å². The first kappa shape index (κ1) is 13.0. The number of hydrogen-bond donors (Lipinski definition) is 0. The lowest BCUT2D eigenvalue weighted by molar-refractivity contribution is 0.280. The maximum absolute atomic E-state index is 5.50. The SMILES string of the molecule is CC(C)c1ccc(COc2ncc(Br)cn2)cc1. The molecule has 1 aromatic heterocycles. The molecule has 0 radical (unpaired) electrons. The van der Waals surface area contributed by atoms with Crippen LogP contribution in [0.3, 0.4) is 0 Å². The van der Waals surface area contributed by atoms with E-state index < -0.39 is 0 Å². The van der Waals surface area contributed by atoms with E-state index in [4.69, 9.17) is 4.74 Å². The average molecular weight is 307 g/mol. The van der Waals surface area contributed by atoms with E-state index in [2.05, 4.69) is 64.0 Å². The molecule has 0 spiro atoms. The monoisotopic (exact) mass is 306 g/mol. The average Bonchev–Trinajstić information content (AvgIpc) is 2.38. The highest BCUT2D eigenvalue weighted by atomic mass is 79.9. The number of aromatic nitrogens is 2.